The number of rotatable bonds is 7. The average molecular weight is 455 g/mol. The van der Waals surface area contributed by atoms with Crippen molar-refractivity contribution in [2.24, 2.45) is 0 Å². The van der Waals surface area contributed by atoms with Gasteiger partial charge in [0.15, 0.2) is 5.75 Å². The Balaban J connectivity index is 1.52. The van der Waals surface area contributed by atoms with Crippen molar-refractivity contribution in [2.45, 2.75) is 6.61 Å². The van der Waals surface area contributed by atoms with E-state index in [1.165, 1.54) is 0 Å². The zero-order chi connectivity index (χ0) is 22.6. The molecule has 0 spiro atoms. The molecule has 5 heteroatoms. The van der Waals surface area contributed by atoms with E-state index in [2.05, 4.69) is 18.2 Å². The summed E-state index contributed by atoms with van der Waals surface area (Å²) in [6.45, 7) is 0.514. The van der Waals surface area contributed by atoms with E-state index in [1.54, 1.807) is 42.7 Å². The second-order valence-corrected chi connectivity index (χ2v) is 8.57. The third-order valence-corrected chi connectivity index (χ3v) is 6.46. The van der Waals surface area contributed by atoms with Crippen molar-refractivity contribution in [3.8, 4) is 39.2 Å². The number of hydrogen-bond acceptors (Lipinski definition) is 5. The van der Waals surface area contributed by atoms with Gasteiger partial charge in [-0.25, -0.2) is 0 Å². The maximum atomic E-state index is 9.62. The number of phenolic OH excluding ortho intramolecular Hbond substituents is 1. The molecule has 0 saturated carbocycles. The molecule has 0 aliphatic rings. The lowest BCUT2D eigenvalue weighted by atomic mass is 10.1. The first-order valence-corrected chi connectivity index (χ1v) is 11.4. The van der Waals surface area contributed by atoms with Crippen LogP contribution in [0.15, 0.2) is 97.1 Å². The summed E-state index contributed by atoms with van der Waals surface area (Å²) in [4.78, 5) is 1.01. The van der Waals surface area contributed by atoms with Crippen molar-refractivity contribution in [1.82, 2.24) is 0 Å². The normalized spacial score (nSPS) is 10.8. The summed E-state index contributed by atoms with van der Waals surface area (Å²) in [6.07, 6.45) is 0. The van der Waals surface area contributed by atoms with Gasteiger partial charge in [0.1, 0.15) is 29.6 Å². The fourth-order valence-corrected chi connectivity index (χ4v) is 4.71. The minimum atomic E-state index is 0.202. The Morgan fingerprint density at radius 1 is 0.758 bits per heavy atom. The number of thiophene rings is 1. The Labute approximate surface area is 196 Å². The lowest BCUT2D eigenvalue weighted by Gasteiger charge is -2.09. The first-order valence-electron chi connectivity index (χ1n) is 10.5. The number of methoxy groups -OCH3 is 1. The zero-order valence-corrected chi connectivity index (χ0v) is 18.8. The van der Waals surface area contributed by atoms with Gasteiger partial charge < -0.3 is 19.3 Å². The van der Waals surface area contributed by atoms with Crippen molar-refractivity contribution >= 4 is 21.4 Å². The molecule has 164 valence electrons. The Kier molecular flexibility index (Phi) is 5.87. The second kappa shape index (κ2) is 9.27. The van der Waals surface area contributed by atoms with Gasteiger partial charge in [-0.1, -0.05) is 30.3 Å². The SMILES string of the molecule is COc1ccc(-c2sc3cc(OCc4ccccc4)ccc3c2Oc2ccc(O)cc2)cc1. The number of ether oxygens (including phenoxy) is 3. The van der Waals surface area contributed by atoms with E-state index >= 15 is 0 Å². The Hall–Kier alpha value is -3.96. The molecule has 0 atom stereocenters. The Morgan fingerprint density at radius 3 is 2.18 bits per heavy atom. The molecule has 5 rings (SSSR count). The molecular formula is C28H22O4S. The first kappa shape index (κ1) is 20.9. The highest BCUT2D eigenvalue weighted by Gasteiger charge is 2.17. The number of phenols is 1. The van der Waals surface area contributed by atoms with Crippen LogP contribution in [0.5, 0.6) is 28.7 Å². The topological polar surface area (TPSA) is 47.9 Å². The number of hydrogen-bond donors (Lipinski definition) is 1. The molecule has 0 fully saturated rings. The molecule has 0 amide bonds. The van der Waals surface area contributed by atoms with Gasteiger partial charge in [0.2, 0.25) is 0 Å². The maximum Gasteiger partial charge on any atom is 0.153 e. The van der Waals surface area contributed by atoms with Crippen LogP contribution < -0.4 is 14.2 Å². The second-order valence-electron chi connectivity index (χ2n) is 7.52. The highest BCUT2D eigenvalue weighted by atomic mass is 32.1. The van der Waals surface area contributed by atoms with Crippen LogP contribution in [0.4, 0.5) is 0 Å². The molecule has 0 aliphatic carbocycles. The molecular weight excluding hydrogens is 432 g/mol. The largest absolute Gasteiger partial charge is 0.508 e. The molecule has 0 bridgehead atoms. The van der Waals surface area contributed by atoms with Crippen LogP contribution in [0.25, 0.3) is 20.5 Å². The van der Waals surface area contributed by atoms with E-state index in [0.29, 0.717) is 12.4 Å². The van der Waals surface area contributed by atoms with Crippen LogP contribution >= 0.6 is 11.3 Å². The average Bonchev–Trinajstić information content (AvgIpc) is 3.22. The monoisotopic (exact) mass is 454 g/mol. The van der Waals surface area contributed by atoms with Crippen LogP contribution in [-0.2, 0) is 6.61 Å². The van der Waals surface area contributed by atoms with Gasteiger partial charge in [0, 0.05) is 10.1 Å². The number of fused-ring (bicyclic) bond motifs is 1. The van der Waals surface area contributed by atoms with Crippen LogP contribution in [0.1, 0.15) is 5.56 Å². The van der Waals surface area contributed by atoms with Crippen LogP contribution in [-0.4, -0.2) is 12.2 Å². The van der Waals surface area contributed by atoms with Gasteiger partial charge >= 0.3 is 0 Å². The van der Waals surface area contributed by atoms with Crippen molar-refractivity contribution < 1.29 is 19.3 Å². The van der Waals surface area contributed by atoms with Gasteiger partial charge in [0.05, 0.1) is 12.0 Å². The smallest absolute Gasteiger partial charge is 0.153 e. The van der Waals surface area contributed by atoms with Gasteiger partial charge in [-0.3, -0.25) is 0 Å². The van der Waals surface area contributed by atoms with Gasteiger partial charge in [-0.2, -0.15) is 0 Å². The summed E-state index contributed by atoms with van der Waals surface area (Å²) >= 11 is 1.65. The lowest BCUT2D eigenvalue weighted by molar-refractivity contribution is 0.306. The predicted octanol–water partition coefficient (Wildman–Crippen LogP) is 7.65. The summed E-state index contributed by atoms with van der Waals surface area (Å²) in [5.41, 5.74) is 2.16. The third-order valence-electron chi connectivity index (χ3n) is 5.27. The first-order chi connectivity index (χ1) is 16.2. The predicted molar refractivity (Wildman–Crippen MR) is 133 cm³/mol. The van der Waals surface area contributed by atoms with Crippen LogP contribution in [0.3, 0.4) is 0 Å². The molecule has 5 aromatic rings. The highest BCUT2D eigenvalue weighted by molar-refractivity contribution is 7.22. The molecule has 0 saturated heterocycles. The summed E-state index contributed by atoms with van der Waals surface area (Å²) in [7, 11) is 1.66. The van der Waals surface area contributed by atoms with E-state index in [0.717, 1.165) is 43.3 Å². The molecule has 1 aromatic heterocycles. The zero-order valence-electron chi connectivity index (χ0n) is 18.0. The minimum Gasteiger partial charge on any atom is -0.508 e. The highest BCUT2D eigenvalue weighted by Crippen LogP contribution is 2.47. The fourth-order valence-electron chi connectivity index (χ4n) is 3.55. The number of benzene rings is 4. The van der Waals surface area contributed by atoms with Crippen molar-refractivity contribution in [3.63, 3.8) is 0 Å². The quantitative estimate of drug-likeness (QED) is 0.274. The summed E-state index contributed by atoms with van der Waals surface area (Å²) in [6, 6.07) is 30.9. The van der Waals surface area contributed by atoms with Gasteiger partial charge in [-0.15, -0.1) is 11.3 Å². The third kappa shape index (κ3) is 4.64. The van der Waals surface area contributed by atoms with Crippen molar-refractivity contribution in [1.29, 1.82) is 0 Å². The summed E-state index contributed by atoms with van der Waals surface area (Å²) in [5.74, 6) is 3.25. The molecule has 1 heterocycles. The molecule has 0 aliphatic heterocycles. The molecule has 33 heavy (non-hydrogen) atoms. The van der Waals surface area contributed by atoms with Gasteiger partial charge in [0.25, 0.3) is 0 Å². The van der Waals surface area contributed by atoms with E-state index in [-0.39, 0.29) is 5.75 Å². The van der Waals surface area contributed by atoms with E-state index in [4.69, 9.17) is 14.2 Å². The van der Waals surface area contributed by atoms with E-state index in [1.807, 2.05) is 54.6 Å². The molecule has 1 N–H and O–H groups in total. The molecule has 0 radical (unpaired) electrons. The maximum absolute atomic E-state index is 9.62. The Bertz CT molecular complexity index is 1360. The molecule has 0 unspecified atom stereocenters. The minimum absolute atomic E-state index is 0.202. The standard InChI is InChI=1S/C28H22O4S/c1-30-22-11-7-20(8-12-22)28-27(32-23-13-9-21(29)10-14-23)25-16-15-24(17-26(25)33-28)31-18-19-5-3-2-4-6-19/h2-17,29H,18H2,1H3. The lowest BCUT2D eigenvalue weighted by Crippen LogP contribution is -1.94. The van der Waals surface area contributed by atoms with E-state index < -0.39 is 0 Å². The fraction of sp³-hybridized carbons (Fsp3) is 0.0714. The van der Waals surface area contributed by atoms with Crippen molar-refractivity contribution in [2.75, 3.05) is 7.11 Å². The molecule has 4 nitrogen and oxygen atoms in total. The summed E-state index contributed by atoms with van der Waals surface area (Å²) in [5, 5.41) is 10.6. The van der Waals surface area contributed by atoms with E-state index in [9.17, 15) is 5.11 Å². The summed E-state index contributed by atoms with van der Waals surface area (Å²) < 4.78 is 18.7. The molecule has 4 aromatic carbocycles. The van der Waals surface area contributed by atoms with Crippen LogP contribution in [0, 0.1) is 0 Å². The Morgan fingerprint density at radius 2 is 1.45 bits per heavy atom. The van der Waals surface area contributed by atoms with Crippen LogP contribution in [0.2, 0.25) is 0 Å². The van der Waals surface area contributed by atoms with Gasteiger partial charge in [-0.05, 0) is 77.9 Å². The van der Waals surface area contributed by atoms with Crippen molar-refractivity contribution in [3.05, 3.63) is 103 Å². The number of aromatic hydroxyl groups is 1.